The van der Waals surface area contributed by atoms with Crippen molar-refractivity contribution in [2.75, 3.05) is 26.2 Å². The molecule has 5 fully saturated rings. The van der Waals surface area contributed by atoms with Crippen molar-refractivity contribution in [1.82, 2.24) is 35.1 Å². The predicted octanol–water partition coefficient (Wildman–Crippen LogP) is 2.80. The molecule has 296 valence electrons. The molecule has 4 N–H and O–H groups in total. The Morgan fingerprint density at radius 2 is 1.85 bits per heavy atom. The zero-order chi connectivity index (χ0) is 38.7. The lowest BCUT2D eigenvalue weighted by molar-refractivity contribution is -0.142. The van der Waals surface area contributed by atoms with Gasteiger partial charge in [-0.3, -0.25) is 24.1 Å². The van der Waals surface area contributed by atoms with E-state index in [0.717, 1.165) is 38.5 Å². The van der Waals surface area contributed by atoms with E-state index in [0.29, 0.717) is 55.4 Å². The number of urea groups is 1. The minimum atomic E-state index is -3.90. The lowest BCUT2D eigenvalue weighted by atomic mass is 9.96. The second kappa shape index (κ2) is 16.3. The molecule has 3 aliphatic carbocycles. The van der Waals surface area contributed by atoms with Crippen molar-refractivity contribution in [3.8, 4) is 5.88 Å². The maximum Gasteiger partial charge on any atom is 0.318 e. The third kappa shape index (κ3) is 8.49. The van der Waals surface area contributed by atoms with E-state index in [1.165, 1.54) is 11.0 Å². The summed E-state index contributed by atoms with van der Waals surface area (Å²) in [7, 11) is -3.90. The van der Waals surface area contributed by atoms with E-state index >= 15 is 0 Å². The van der Waals surface area contributed by atoms with Crippen LogP contribution in [0.2, 0.25) is 0 Å². The normalized spacial score (nSPS) is 25.9. The van der Waals surface area contributed by atoms with Gasteiger partial charge in [0.2, 0.25) is 27.7 Å². The van der Waals surface area contributed by atoms with Gasteiger partial charge in [0, 0.05) is 43.8 Å². The molecule has 2 aromatic rings. The first-order chi connectivity index (χ1) is 26.5. The number of unbranched alkanes of at least 4 members (excludes halogenated alkanes) is 1. The first-order valence-electron chi connectivity index (χ1n) is 19.6. The van der Waals surface area contributed by atoms with Crippen LogP contribution >= 0.6 is 0 Å². The van der Waals surface area contributed by atoms with Crippen molar-refractivity contribution < 1.29 is 37.4 Å². The highest BCUT2D eigenvalue weighted by atomic mass is 32.2. The lowest BCUT2D eigenvalue weighted by Crippen LogP contribution is -2.59. The van der Waals surface area contributed by atoms with Crippen LogP contribution in [0, 0.1) is 11.8 Å². The van der Waals surface area contributed by atoms with Gasteiger partial charge in [0.1, 0.15) is 23.7 Å². The van der Waals surface area contributed by atoms with E-state index in [1.807, 2.05) is 24.3 Å². The van der Waals surface area contributed by atoms with Crippen molar-refractivity contribution in [3.63, 3.8) is 0 Å². The van der Waals surface area contributed by atoms with Crippen LogP contribution in [0.3, 0.4) is 0 Å². The van der Waals surface area contributed by atoms with Crippen LogP contribution in [0.25, 0.3) is 17.1 Å². The zero-order valence-electron chi connectivity index (χ0n) is 31.0. The number of hydrogen-bond acceptors (Lipinski definition) is 10. The average Bonchev–Trinajstić information content (AvgIpc) is 3.90. The first-order valence-corrected chi connectivity index (χ1v) is 21.1. The Kier molecular flexibility index (Phi) is 11.4. The zero-order valence-corrected chi connectivity index (χ0v) is 31.8. The Balaban J connectivity index is 1.18. The van der Waals surface area contributed by atoms with Gasteiger partial charge in [0.15, 0.2) is 0 Å². The van der Waals surface area contributed by atoms with Crippen LogP contribution < -0.4 is 20.1 Å². The molecule has 5 amide bonds. The summed E-state index contributed by atoms with van der Waals surface area (Å²) in [4.78, 5) is 68.6. The fourth-order valence-corrected chi connectivity index (χ4v) is 9.54. The maximum absolute atomic E-state index is 14.8. The highest BCUT2D eigenvalue weighted by molar-refractivity contribution is 7.91. The van der Waals surface area contributed by atoms with E-state index in [2.05, 4.69) is 26.9 Å². The van der Waals surface area contributed by atoms with Crippen LogP contribution in [0.4, 0.5) is 4.79 Å². The quantitative estimate of drug-likeness (QED) is 0.154. The number of hydrogen-bond donors (Lipinski definition) is 4. The van der Waals surface area contributed by atoms with E-state index in [9.17, 15) is 32.7 Å². The second-order valence-corrected chi connectivity index (χ2v) is 17.5. The fourth-order valence-electron chi connectivity index (χ4n) is 8.18. The van der Waals surface area contributed by atoms with E-state index in [1.54, 1.807) is 17.2 Å². The van der Waals surface area contributed by atoms with Gasteiger partial charge < -0.3 is 30.3 Å². The summed E-state index contributed by atoms with van der Waals surface area (Å²) in [6, 6.07) is 3.14. The van der Waals surface area contributed by atoms with Crippen LogP contribution in [0.15, 0.2) is 43.1 Å². The number of aliphatic hydroxyl groups is 1. The molecule has 2 aromatic heterocycles. The Labute approximate surface area is 321 Å². The van der Waals surface area contributed by atoms with Crippen molar-refractivity contribution in [2.45, 2.75) is 106 Å². The molecule has 2 saturated heterocycles. The standard InChI is InChI=1S/C39H51N7O8S/c1-2-27-23-39(27,37(50)44-55(52,53)29-15-16-29)43-34(48)32-22-28(54-35-26(13-4-3-9-20-47)21-31-30(41-35)14-10-17-40-31)24-46(32)36(49)33(25-11-5-6-12-25)42-38(51)45-18-7-8-19-45/h2,4,10,13-14,17,21,25,27-29,32-33,47H,1,3,5-9,11-12,15-16,18-20,22-24H2,(H,42,51)(H,43,48)(H,44,50)/b13-4+/t27-,28-,32+,33+,39-/m1/s1. The van der Waals surface area contributed by atoms with Gasteiger partial charge >= 0.3 is 6.03 Å². The lowest BCUT2D eigenvalue weighted by Gasteiger charge is -2.33. The van der Waals surface area contributed by atoms with E-state index in [-0.39, 0.29) is 43.8 Å². The number of carbonyl (C=O) groups is 4. The Morgan fingerprint density at radius 1 is 1.09 bits per heavy atom. The highest BCUT2D eigenvalue weighted by Crippen LogP contribution is 2.45. The maximum atomic E-state index is 14.8. The summed E-state index contributed by atoms with van der Waals surface area (Å²) in [5.74, 6) is -2.20. The largest absolute Gasteiger partial charge is 0.472 e. The van der Waals surface area contributed by atoms with Crippen molar-refractivity contribution in [2.24, 2.45) is 11.8 Å². The molecule has 5 atom stereocenters. The Morgan fingerprint density at radius 3 is 2.55 bits per heavy atom. The van der Waals surface area contributed by atoms with Crippen LogP contribution in [-0.2, 0) is 24.4 Å². The number of aliphatic hydroxyl groups excluding tert-OH is 1. The van der Waals surface area contributed by atoms with Crippen molar-refractivity contribution in [1.29, 1.82) is 0 Å². The van der Waals surface area contributed by atoms with Crippen molar-refractivity contribution in [3.05, 3.63) is 48.7 Å². The van der Waals surface area contributed by atoms with Crippen LogP contribution in [0.1, 0.15) is 82.6 Å². The average molecular weight is 778 g/mol. The molecule has 55 heavy (non-hydrogen) atoms. The number of aromatic nitrogens is 2. The molecule has 0 aromatic carbocycles. The van der Waals surface area contributed by atoms with Gasteiger partial charge in [-0.05, 0) is 81.9 Å². The third-order valence-electron chi connectivity index (χ3n) is 11.6. The van der Waals surface area contributed by atoms with Gasteiger partial charge in [-0.25, -0.2) is 18.2 Å². The summed E-state index contributed by atoms with van der Waals surface area (Å²) in [6.45, 7) is 5.07. The molecule has 0 unspecified atom stereocenters. The topological polar surface area (TPSA) is 200 Å². The first kappa shape index (κ1) is 38.7. The van der Waals surface area contributed by atoms with E-state index < -0.39 is 62.6 Å². The summed E-state index contributed by atoms with van der Waals surface area (Å²) in [5, 5.41) is 14.5. The highest BCUT2D eigenvalue weighted by Gasteiger charge is 2.62. The molecule has 0 radical (unpaired) electrons. The molecular formula is C39H51N7O8S. The van der Waals surface area contributed by atoms with E-state index in [4.69, 9.17) is 9.72 Å². The van der Waals surface area contributed by atoms with Gasteiger partial charge in [-0.1, -0.05) is 31.1 Å². The van der Waals surface area contributed by atoms with Crippen LogP contribution in [0.5, 0.6) is 5.88 Å². The number of nitrogens with zero attached hydrogens (tertiary/aromatic N) is 4. The Bertz CT molecular complexity index is 1940. The number of ether oxygens (including phenoxy) is 1. The SMILES string of the molecule is C=C[C@@H]1C[C@]1(NC(=O)[C@@H]1C[C@@H](Oc2nc3cccnc3cc2/C=C/CCCO)CN1C(=O)[C@@H](NC(=O)N1CCCC1)C1CCCC1)C(=O)NS(=O)(=O)C1CC1. The molecule has 3 saturated carbocycles. The molecule has 15 nitrogen and oxygen atoms in total. The molecular weight excluding hydrogens is 727 g/mol. The monoisotopic (exact) mass is 777 g/mol. The van der Waals surface area contributed by atoms with Crippen LogP contribution in [-0.4, -0.2) is 112 Å². The fraction of sp³-hybridized carbons (Fsp3) is 0.590. The molecule has 16 heteroatoms. The number of rotatable bonds is 15. The number of carbonyl (C=O) groups excluding carboxylic acids is 4. The number of sulfonamides is 1. The molecule has 5 aliphatic rings. The van der Waals surface area contributed by atoms with Gasteiger partial charge in [-0.2, -0.15) is 0 Å². The molecule has 4 heterocycles. The summed E-state index contributed by atoms with van der Waals surface area (Å²) in [5.41, 5.74) is 0.340. The van der Waals surface area contributed by atoms with Gasteiger partial charge in [0.25, 0.3) is 5.91 Å². The smallest absolute Gasteiger partial charge is 0.318 e. The van der Waals surface area contributed by atoms with Gasteiger partial charge in [0.05, 0.1) is 22.8 Å². The minimum absolute atomic E-state index is 0.000289. The number of pyridine rings is 2. The number of fused-ring (bicyclic) bond motifs is 1. The molecule has 0 spiro atoms. The Hall–Kier alpha value is -4.57. The summed E-state index contributed by atoms with van der Waals surface area (Å²) in [6.07, 6.45) is 13.7. The number of likely N-dealkylation sites (tertiary alicyclic amines) is 2. The molecule has 7 rings (SSSR count). The second-order valence-electron chi connectivity index (χ2n) is 15.5. The van der Waals surface area contributed by atoms with Crippen molar-refractivity contribution >= 4 is 50.9 Å². The summed E-state index contributed by atoms with van der Waals surface area (Å²) >= 11 is 0. The molecule has 2 aliphatic heterocycles. The van der Waals surface area contributed by atoms with Gasteiger partial charge in [-0.15, -0.1) is 6.58 Å². The number of allylic oxidation sites excluding steroid dienone is 1. The predicted molar refractivity (Wildman–Crippen MR) is 204 cm³/mol. The molecule has 0 bridgehead atoms. The third-order valence-corrected chi connectivity index (χ3v) is 13.4. The number of nitrogens with one attached hydrogen (secondary N) is 3. The summed E-state index contributed by atoms with van der Waals surface area (Å²) < 4.78 is 34.3. The minimum Gasteiger partial charge on any atom is -0.472 e. The number of amides is 5.